The Morgan fingerprint density at radius 2 is 1.77 bits per heavy atom. The van der Waals surface area contributed by atoms with Crippen molar-refractivity contribution in [1.29, 1.82) is 0 Å². The lowest BCUT2D eigenvalue weighted by molar-refractivity contribution is -0.0153. The van der Waals surface area contributed by atoms with E-state index < -0.39 is 12.1 Å². The molecule has 5 nitrogen and oxygen atoms in total. The summed E-state index contributed by atoms with van der Waals surface area (Å²) in [5.41, 5.74) is 1.69. The molecule has 3 rings (SSSR count). The predicted molar refractivity (Wildman–Crippen MR) is 119 cm³/mol. The Kier molecular flexibility index (Phi) is 7.75. The summed E-state index contributed by atoms with van der Waals surface area (Å²) in [7, 11) is 0. The van der Waals surface area contributed by atoms with E-state index in [0.29, 0.717) is 30.3 Å². The first kappa shape index (κ1) is 22.6. The summed E-state index contributed by atoms with van der Waals surface area (Å²) < 4.78 is 17.2. The Balaban J connectivity index is 1.66. The van der Waals surface area contributed by atoms with E-state index in [1.54, 1.807) is 24.3 Å². The van der Waals surface area contributed by atoms with Crippen molar-refractivity contribution in [2.45, 2.75) is 32.3 Å². The van der Waals surface area contributed by atoms with Gasteiger partial charge in [-0.3, -0.25) is 4.90 Å². The molecule has 0 N–H and O–H groups in total. The number of carbonyl (C=O) groups excluding carboxylic acids is 1. The number of esters is 1. The van der Waals surface area contributed by atoms with E-state index in [9.17, 15) is 4.79 Å². The Morgan fingerprint density at radius 1 is 1.10 bits per heavy atom. The first-order valence-corrected chi connectivity index (χ1v) is 10.7. The zero-order valence-electron chi connectivity index (χ0n) is 17.9. The minimum Gasteiger partial charge on any atom is -0.490 e. The van der Waals surface area contributed by atoms with E-state index in [2.05, 4.69) is 37.8 Å². The van der Waals surface area contributed by atoms with Crippen LogP contribution in [0.4, 0.5) is 0 Å². The van der Waals surface area contributed by atoms with Gasteiger partial charge in [-0.05, 0) is 35.2 Å². The fourth-order valence-corrected chi connectivity index (χ4v) is 3.49. The summed E-state index contributed by atoms with van der Waals surface area (Å²) in [6.07, 6.45) is -0.422. The molecule has 0 spiro atoms. The molecular formula is C24H30ClNO4. The highest BCUT2D eigenvalue weighted by atomic mass is 35.5. The van der Waals surface area contributed by atoms with Crippen LogP contribution in [0.5, 0.6) is 5.75 Å². The molecule has 0 bridgehead atoms. The van der Waals surface area contributed by atoms with Gasteiger partial charge in [0.25, 0.3) is 0 Å². The number of hydrogen-bond donors (Lipinski definition) is 0. The summed E-state index contributed by atoms with van der Waals surface area (Å²) in [6.45, 7) is 10.4. The molecular weight excluding hydrogens is 402 g/mol. The second kappa shape index (κ2) is 10.3. The molecule has 1 aliphatic heterocycles. The lowest BCUT2D eigenvalue weighted by atomic mass is 9.87. The van der Waals surface area contributed by atoms with Gasteiger partial charge in [-0.1, -0.05) is 56.6 Å². The number of hydrogen-bond acceptors (Lipinski definition) is 5. The van der Waals surface area contributed by atoms with Crippen molar-refractivity contribution in [1.82, 2.24) is 4.90 Å². The summed E-state index contributed by atoms with van der Waals surface area (Å²) in [5, 5.41) is 0.381. The van der Waals surface area contributed by atoms with Crippen LogP contribution in [-0.2, 0) is 14.9 Å². The average Bonchev–Trinajstić information content (AvgIpc) is 2.72. The summed E-state index contributed by atoms with van der Waals surface area (Å²) in [4.78, 5) is 14.9. The number of benzene rings is 2. The lowest BCUT2D eigenvalue weighted by Gasteiger charge is -2.30. The van der Waals surface area contributed by atoms with Crippen molar-refractivity contribution in [2.75, 3.05) is 39.5 Å². The molecule has 162 valence electrons. The highest BCUT2D eigenvalue weighted by Crippen LogP contribution is 2.24. The SMILES string of the molecule is CC(C)(C)c1ccc(OCC(CN2CCOCC2)OC(=O)c2ccccc2Cl)cc1. The topological polar surface area (TPSA) is 48.0 Å². The number of carbonyl (C=O) groups is 1. The van der Waals surface area contributed by atoms with Crippen molar-refractivity contribution >= 4 is 17.6 Å². The van der Waals surface area contributed by atoms with E-state index in [1.807, 2.05) is 12.1 Å². The molecule has 0 amide bonds. The van der Waals surface area contributed by atoms with Crippen LogP contribution in [0.1, 0.15) is 36.7 Å². The van der Waals surface area contributed by atoms with Crippen LogP contribution in [0.25, 0.3) is 0 Å². The third-order valence-corrected chi connectivity index (χ3v) is 5.42. The van der Waals surface area contributed by atoms with Gasteiger partial charge in [0.1, 0.15) is 18.5 Å². The van der Waals surface area contributed by atoms with Crippen molar-refractivity contribution in [3.8, 4) is 5.75 Å². The first-order valence-electron chi connectivity index (χ1n) is 10.3. The standard InChI is InChI=1S/C24H30ClNO4/c1-24(2,3)18-8-10-19(11-9-18)29-17-20(16-26-12-14-28-15-13-26)30-23(27)21-6-4-5-7-22(21)25/h4-11,20H,12-17H2,1-3H3. The summed E-state index contributed by atoms with van der Waals surface area (Å²) in [5.74, 6) is 0.314. The maximum Gasteiger partial charge on any atom is 0.340 e. The lowest BCUT2D eigenvalue weighted by Crippen LogP contribution is -2.44. The molecule has 1 fully saturated rings. The van der Waals surface area contributed by atoms with Crippen molar-refractivity contribution in [3.63, 3.8) is 0 Å². The molecule has 1 saturated heterocycles. The zero-order chi connectivity index (χ0) is 21.6. The van der Waals surface area contributed by atoms with Gasteiger partial charge in [0.2, 0.25) is 0 Å². The summed E-state index contributed by atoms with van der Waals surface area (Å²) in [6, 6.07) is 15.0. The molecule has 1 aliphatic rings. The first-order chi connectivity index (χ1) is 14.3. The van der Waals surface area contributed by atoms with Crippen molar-refractivity contribution < 1.29 is 19.0 Å². The van der Waals surface area contributed by atoms with Crippen LogP contribution in [0, 0.1) is 0 Å². The summed E-state index contributed by atoms with van der Waals surface area (Å²) >= 11 is 6.16. The third kappa shape index (κ3) is 6.46. The Morgan fingerprint density at radius 3 is 2.40 bits per heavy atom. The van der Waals surface area contributed by atoms with Gasteiger partial charge in [-0.15, -0.1) is 0 Å². The smallest absolute Gasteiger partial charge is 0.340 e. The van der Waals surface area contributed by atoms with E-state index in [0.717, 1.165) is 18.8 Å². The predicted octanol–water partition coefficient (Wildman–Crippen LogP) is 4.57. The van der Waals surface area contributed by atoms with E-state index in [4.69, 9.17) is 25.8 Å². The maximum absolute atomic E-state index is 12.7. The Bertz CT molecular complexity index is 826. The molecule has 0 saturated carbocycles. The van der Waals surface area contributed by atoms with E-state index in [-0.39, 0.29) is 12.0 Å². The van der Waals surface area contributed by atoms with Gasteiger partial charge in [-0.2, -0.15) is 0 Å². The molecule has 2 aromatic rings. The van der Waals surface area contributed by atoms with Gasteiger partial charge in [0.05, 0.1) is 23.8 Å². The van der Waals surface area contributed by atoms with Crippen LogP contribution < -0.4 is 4.74 Å². The number of halogens is 1. The number of morpholine rings is 1. The quantitative estimate of drug-likeness (QED) is 0.601. The van der Waals surface area contributed by atoms with Gasteiger partial charge in [-0.25, -0.2) is 4.79 Å². The minimum absolute atomic E-state index is 0.0852. The highest BCUT2D eigenvalue weighted by Gasteiger charge is 2.23. The minimum atomic E-state index is -0.439. The van der Waals surface area contributed by atoms with Crippen LogP contribution >= 0.6 is 11.6 Å². The highest BCUT2D eigenvalue weighted by molar-refractivity contribution is 6.33. The molecule has 1 unspecified atom stereocenters. The van der Waals surface area contributed by atoms with E-state index >= 15 is 0 Å². The van der Waals surface area contributed by atoms with Crippen LogP contribution in [0.15, 0.2) is 48.5 Å². The molecule has 1 heterocycles. The van der Waals surface area contributed by atoms with Gasteiger partial charge >= 0.3 is 5.97 Å². The monoisotopic (exact) mass is 431 g/mol. The largest absolute Gasteiger partial charge is 0.490 e. The molecule has 6 heteroatoms. The fraction of sp³-hybridized carbons (Fsp3) is 0.458. The van der Waals surface area contributed by atoms with Crippen molar-refractivity contribution in [2.24, 2.45) is 0 Å². The molecule has 30 heavy (non-hydrogen) atoms. The van der Waals surface area contributed by atoms with Crippen LogP contribution in [0.3, 0.4) is 0 Å². The van der Waals surface area contributed by atoms with E-state index in [1.165, 1.54) is 5.56 Å². The fourth-order valence-electron chi connectivity index (χ4n) is 3.28. The normalized spacial score (nSPS) is 16.1. The second-order valence-corrected chi connectivity index (χ2v) is 8.91. The maximum atomic E-state index is 12.7. The molecule has 0 aromatic heterocycles. The number of rotatable bonds is 7. The van der Waals surface area contributed by atoms with Gasteiger partial charge in [0, 0.05) is 19.6 Å². The Labute approximate surface area is 183 Å². The van der Waals surface area contributed by atoms with Crippen LogP contribution in [-0.4, -0.2) is 56.4 Å². The number of nitrogens with zero attached hydrogens (tertiary/aromatic N) is 1. The zero-order valence-corrected chi connectivity index (χ0v) is 18.7. The van der Waals surface area contributed by atoms with Gasteiger partial charge in [0.15, 0.2) is 0 Å². The molecule has 1 atom stereocenters. The second-order valence-electron chi connectivity index (χ2n) is 8.51. The van der Waals surface area contributed by atoms with Gasteiger partial charge < -0.3 is 14.2 Å². The van der Waals surface area contributed by atoms with Crippen molar-refractivity contribution in [3.05, 3.63) is 64.7 Å². The third-order valence-electron chi connectivity index (χ3n) is 5.09. The average molecular weight is 432 g/mol. The Hall–Kier alpha value is -2.08. The molecule has 2 aromatic carbocycles. The molecule has 0 aliphatic carbocycles. The van der Waals surface area contributed by atoms with Crippen LogP contribution in [0.2, 0.25) is 5.02 Å². The number of ether oxygens (including phenoxy) is 3. The molecule has 0 radical (unpaired) electrons.